The van der Waals surface area contributed by atoms with Gasteiger partial charge in [0, 0.05) is 24.7 Å². The summed E-state index contributed by atoms with van der Waals surface area (Å²) in [6, 6.07) is 15.7. The number of fused-ring (bicyclic) bond motifs is 1. The molecule has 3 unspecified atom stereocenters. The van der Waals surface area contributed by atoms with Crippen LogP contribution in [-0.4, -0.2) is 69.5 Å². The van der Waals surface area contributed by atoms with Crippen LogP contribution in [0.5, 0.6) is 0 Å². The number of aromatic nitrogens is 1. The molecule has 8 nitrogen and oxygen atoms in total. The molecule has 0 aliphatic carbocycles. The standard InChI is InChI=1S/C32H33FN4O4/c1-32(2,3)22-11-9-21(10-12-22)29(39)35-25(18-20-7-13-23(33)14-8-20)31(41)36-17-15-26-28(36)27(38)19-37(26)30(40)24-6-4-5-16-34-24/h4-14,16,25-26,28H,15,17-19H2,1-3H3,(H,35,39). The average molecular weight is 557 g/mol. The van der Waals surface area contributed by atoms with E-state index in [1.807, 2.05) is 12.1 Å². The normalized spacial score (nSPS) is 19.2. The van der Waals surface area contributed by atoms with Crippen molar-refractivity contribution < 1.29 is 23.6 Å². The molecule has 41 heavy (non-hydrogen) atoms. The Morgan fingerprint density at radius 1 is 1.00 bits per heavy atom. The molecule has 3 atom stereocenters. The summed E-state index contributed by atoms with van der Waals surface area (Å²) >= 11 is 0. The van der Waals surface area contributed by atoms with E-state index in [1.165, 1.54) is 28.1 Å². The van der Waals surface area contributed by atoms with Gasteiger partial charge >= 0.3 is 0 Å². The number of carbonyl (C=O) groups excluding carboxylic acids is 4. The summed E-state index contributed by atoms with van der Waals surface area (Å²) in [6.07, 6.45) is 2.07. The van der Waals surface area contributed by atoms with E-state index in [1.54, 1.807) is 42.5 Å². The number of ketones is 1. The van der Waals surface area contributed by atoms with Gasteiger partial charge < -0.3 is 15.1 Å². The smallest absolute Gasteiger partial charge is 0.273 e. The third-order valence-corrected chi connectivity index (χ3v) is 7.82. The zero-order valence-electron chi connectivity index (χ0n) is 23.3. The van der Waals surface area contributed by atoms with Crippen molar-refractivity contribution in [2.75, 3.05) is 13.1 Å². The molecule has 212 valence electrons. The molecule has 0 saturated carbocycles. The van der Waals surface area contributed by atoms with Gasteiger partial charge in [0.15, 0.2) is 5.78 Å². The van der Waals surface area contributed by atoms with Gasteiger partial charge in [-0.3, -0.25) is 24.2 Å². The minimum atomic E-state index is -0.998. The quantitative estimate of drug-likeness (QED) is 0.501. The zero-order valence-corrected chi connectivity index (χ0v) is 23.3. The monoisotopic (exact) mass is 556 g/mol. The van der Waals surface area contributed by atoms with Gasteiger partial charge in [-0.1, -0.05) is 51.1 Å². The second kappa shape index (κ2) is 11.2. The van der Waals surface area contributed by atoms with Crippen LogP contribution >= 0.6 is 0 Å². The third-order valence-electron chi connectivity index (χ3n) is 7.82. The maximum atomic E-state index is 14.0. The van der Waals surface area contributed by atoms with Crippen LogP contribution in [0.1, 0.15) is 59.2 Å². The number of nitrogens with one attached hydrogen (secondary N) is 1. The van der Waals surface area contributed by atoms with E-state index in [9.17, 15) is 23.6 Å². The Kier molecular flexibility index (Phi) is 7.71. The Morgan fingerprint density at radius 2 is 1.71 bits per heavy atom. The fourth-order valence-corrected chi connectivity index (χ4v) is 5.60. The van der Waals surface area contributed by atoms with Crippen LogP contribution in [-0.2, 0) is 21.4 Å². The number of nitrogens with zero attached hydrogens (tertiary/aromatic N) is 3. The number of hydrogen-bond acceptors (Lipinski definition) is 5. The molecule has 0 bridgehead atoms. The average Bonchev–Trinajstić information content (AvgIpc) is 3.54. The summed E-state index contributed by atoms with van der Waals surface area (Å²) in [6.45, 7) is 6.40. The second-order valence-electron chi connectivity index (χ2n) is 11.6. The zero-order chi connectivity index (χ0) is 29.3. The van der Waals surface area contributed by atoms with E-state index in [2.05, 4.69) is 31.1 Å². The fraction of sp³-hybridized carbons (Fsp3) is 0.344. The molecule has 3 aromatic rings. The highest BCUT2D eigenvalue weighted by atomic mass is 19.1. The number of benzene rings is 2. The van der Waals surface area contributed by atoms with Crippen LogP contribution in [0.25, 0.3) is 0 Å². The molecule has 1 aromatic heterocycles. The maximum absolute atomic E-state index is 14.0. The number of Topliss-reactive ketones (excluding diaryl/α,β-unsaturated/α-hetero) is 1. The summed E-state index contributed by atoms with van der Waals surface area (Å²) in [5.41, 5.74) is 2.29. The van der Waals surface area contributed by atoms with Crippen LogP contribution in [0, 0.1) is 5.82 Å². The Bertz CT molecular complexity index is 1450. The number of amides is 3. The summed E-state index contributed by atoms with van der Waals surface area (Å²) in [5.74, 6) is -1.82. The van der Waals surface area contributed by atoms with E-state index in [-0.39, 0.29) is 42.3 Å². The number of hydrogen-bond donors (Lipinski definition) is 1. The lowest BCUT2D eigenvalue weighted by Gasteiger charge is -2.28. The van der Waals surface area contributed by atoms with Gasteiger partial charge in [-0.2, -0.15) is 0 Å². The van der Waals surface area contributed by atoms with Gasteiger partial charge in [0.25, 0.3) is 11.8 Å². The lowest BCUT2D eigenvalue weighted by molar-refractivity contribution is -0.138. The van der Waals surface area contributed by atoms with Crippen molar-refractivity contribution in [2.45, 2.75) is 57.2 Å². The van der Waals surface area contributed by atoms with Crippen molar-refractivity contribution >= 4 is 23.5 Å². The van der Waals surface area contributed by atoms with Crippen molar-refractivity contribution in [2.24, 2.45) is 0 Å². The highest BCUT2D eigenvalue weighted by Gasteiger charge is 2.52. The van der Waals surface area contributed by atoms with Gasteiger partial charge in [-0.15, -0.1) is 0 Å². The Balaban J connectivity index is 1.37. The summed E-state index contributed by atoms with van der Waals surface area (Å²) in [5, 5.41) is 2.86. The lowest BCUT2D eigenvalue weighted by atomic mass is 9.86. The second-order valence-corrected chi connectivity index (χ2v) is 11.6. The predicted octanol–water partition coefficient (Wildman–Crippen LogP) is 3.55. The van der Waals surface area contributed by atoms with Crippen LogP contribution in [0.3, 0.4) is 0 Å². The summed E-state index contributed by atoms with van der Waals surface area (Å²) in [7, 11) is 0. The molecular weight excluding hydrogens is 523 g/mol. The van der Waals surface area contributed by atoms with Crippen molar-refractivity contribution in [3.05, 3.63) is 101 Å². The fourth-order valence-electron chi connectivity index (χ4n) is 5.60. The number of likely N-dealkylation sites (tertiary alicyclic amines) is 2. The summed E-state index contributed by atoms with van der Waals surface area (Å²) < 4.78 is 13.6. The van der Waals surface area contributed by atoms with E-state index in [0.29, 0.717) is 17.5 Å². The first-order chi connectivity index (χ1) is 19.5. The molecular formula is C32H33FN4O4. The number of pyridine rings is 1. The van der Waals surface area contributed by atoms with Gasteiger partial charge in [-0.25, -0.2) is 4.39 Å². The van der Waals surface area contributed by atoms with Gasteiger partial charge in [-0.05, 0) is 59.4 Å². The van der Waals surface area contributed by atoms with Gasteiger partial charge in [0.1, 0.15) is 23.6 Å². The van der Waals surface area contributed by atoms with Crippen molar-refractivity contribution in [3.63, 3.8) is 0 Å². The van der Waals surface area contributed by atoms with Crippen LogP contribution < -0.4 is 5.32 Å². The van der Waals surface area contributed by atoms with E-state index in [4.69, 9.17) is 0 Å². The first-order valence-corrected chi connectivity index (χ1v) is 13.7. The molecule has 3 amide bonds. The van der Waals surface area contributed by atoms with Crippen LogP contribution in [0.2, 0.25) is 0 Å². The number of carbonyl (C=O) groups is 4. The molecule has 3 heterocycles. The predicted molar refractivity (Wildman–Crippen MR) is 151 cm³/mol. The first-order valence-electron chi connectivity index (χ1n) is 13.7. The van der Waals surface area contributed by atoms with E-state index >= 15 is 0 Å². The summed E-state index contributed by atoms with van der Waals surface area (Å²) in [4.78, 5) is 60.6. The highest BCUT2D eigenvalue weighted by Crippen LogP contribution is 2.31. The van der Waals surface area contributed by atoms with Crippen molar-refractivity contribution in [3.8, 4) is 0 Å². The Morgan fingerprint density at radius 3 is 2.34 bits per heavy atom. The minimum absolute atomic E-state index is 0.0813. The van der Waals surface area contributed by atoms with Crippen LogP contribution in [0.15, 0.2) is 72.9 Å². The van der Waals surface area contributed by atoms with Crippen molar-refractivity contribution in [1.82, 2.24) is 20.1 Å². The number of rotatable bonds is 6. The molecule has 2 aromatic carbocycles. The van der Waals surface area contributed by atoms with Crippen molar-refractivity contribution in [1.29, 1.82) is 0 Å². The molecule has 1 N–H and O–H groups in total. The molecule has 5 rings (SSSR count). The first kappa shape index (κ1) is 28.1. The highest BCUT2D eigenvalue weighted by molar-refractivity contribution is 6.03. The minimum Gasteiger partial charge on any atom is -0.340 e. The van der Waals surface area contributed by atoms with E-state index < -0.39 is 35.8 Å². The molecule has 2 saturated heterocycles. The SMILES string of the molecule is CC(C)(C)c1ccc(C(=O)NC(Cc2ccc(F)cc2)C(=O)N2CCC3C2C(=O)CN3C(=O)c2ccccn2)cc1. The van der Waals surface area contributed by atoms with Gasteiger partial charge in [0.05, 0.1) is 12.6 Å². The molecule has 9 heteroatoms. The Labute approximate surface area is 238 Å². The molecule has 2 aliphatic heterocycles. The molecule has 0 spiro atoms. The molecule has 0 radical (unpaired) electrons. The van der Waals surface area contributed by atoms with Gasteiger partial charge in [0.2, 0.25) is 5.91 Å². The largest absolute Gasteiger partial charge is 0.340 e. The Hall–Kier alpha value is -4.40. The topological polar surface area (TPSA) is 99.7 Å². The maximum Gasteiger partial charge on any atom is 0.273 e. The van der Waals surface area contributed by atoms with Crippen LogP contribution in [0.4, 0.5) is 4.39 Å². The number of halogens is 1. The molecule has 2 fully saturated rings. The molecule has 2 aliphatic rings. The third kappa shape index (κ3) is 5.89. The lowest BCUT2D eigenvalue weighted by Crippen LogP contribution is -2.53. The van der Waals surface area contributed by atoms with E-state index in [0.717, 1.165) is 5.56 Å².